The molecule has 16 heavy (non-hydrogen) atoms. The molecule has 0 aliphatic heterocycles. The second-order valence-corrected chi connectivity index (χ2v) is 5.01. The fraction of sp³-hybridized carbons (Fsp3) is 0.0769. The van der Waals surface area contributed by atoms with Crippen molar-refractivity contribution in [2.75, 3.05) is 0 Å². The first kappa shape index (κ1) is 11.7. The summed E-state index contributed by atoms with van der Waals surface area (Å²) in [5.41, 5.74) is 1.12. The highest BCUT2D eigenvalue weighted by Gasteiger charge is 2.04. The van der Waals surface area contributed by atoms with E-state index in [0.29, 0.717) is 6.61 Å². The summed E-state index contributed by atoms with van der Waals surface area (Å²) >= 11 is 7.02. The highest BCUT2D eigenvalue weighted by molar-refractivity contribution is 9.11. The fourth-order valence-corrected chi connectivity index (χ4v) is 2.57. The molecule has 0 aliphatic carbocycles. The molecule has 0 saturated carbocycles. The molecule has 0 saturated heterocycles. The number of benzene rings is 2. The van der Waals surface area contributed by atoms with Crippen molar-refractivity contribution in [2.24, 2.45) is 0 Å². The van der Waals surface area contributed by atoms with Crippen molar-refractivity contribution in [3.05, 3.63) is 63.0 Å². The number of hydrogen-bond donors (Lipinski definition) is 0. The van der Waals surface area contributed by atoms with E-state index in [1.807, 2.05) is 48.5 Å². The predicted molar refractivity (Wildman–Crippen MR) is 72.6 cm³/mol. The molecule has 2 rings (SSSR count). The van der Waals surface area contributed by atoms with Crippen LogP contribution in [0.15, 0.2) is 57.5 Å². The molecule has 0 aromatic heterocycles. The van der Waals surface area contributed by atoms with Gasteiger partial charge in [0.25, 0.3) is 0 Å². The van der Waals surface area contributed by atoms with Gasteiger partial charge in [-0.3, -0.25) is 0 Å². The van der Waals surface area contributed by atoms with Gasteiger partial charge in [0.05, 0.1) is 0 Å². The number of rotatable bonds is 3. The molecule has 0 fully saturated rings. The van der Waals surface area contributed by atoms with Crippen molar-refractivity contribution >= 4 is 31.9 Å². The summed E-state index contributed by atoms with van der Waals surface area (Å²) in [4.78, 5) is 0. The van der Waals surface area contributed by atoms with Crippen LogP contribution in [-0.4, -0.2) is 0 Å². The van der Waals surface area contributed by atoms with Gasteiger partial charge in [0, 0.05) is 14.5 Å². The monoisotopic (exact) mass is 340 g/mol. The van der Waals surface area contributed by atoms with Gasteiger partial charge in [0.1, 0.15) is 12.4 Å². The average Bonchev–Trinajstić information content (AvgIpc) is 2.30. The van der Waals surface area contributed by atoms with Gasteiger partial charge in [-0.25, -0.2) is 0 Å². The maximum atomic E-state index is 5.69. The van der Waals surface area contributed by atoms with E-state index in [1.54, 1.807) is 0 Å². The van der Waals surface area contributed by atoms with E-state index in [1.165, 1.54) is 0 Å². The molecule has 3 heteroatoms. The van der Waals surface area contributed by atoms with Crippen molar-refractivity contribution in [1.82, 2.24) is 0 Å². The van der Waals surface area contributed by atoms with E-state index in [-0.39, 0.29) is 0 Å². The number of halogens is 2. The minimum Gasteiger partial charge on any atom is -0.489 e. The van der Waals surface area contributed by atoms with Crippen molar-refractivity contribution in [3.63, 3.8) is 0 Å². The Balaban J connectivity index is 2.11. The largest absolute Gasteiger partial charge is 0.489 e. The molecule has 1 nitrogen and oxygen atoms in total. The summed E-state index contributed by atoms with van der Waals surface area (Å²) < 4.78 is 7.80. The minimum atomic E-state index is 0.548. The molecule has 2 aromatic carbocycles. The van der Waals surface area contributed by atoms with Gasteiger partial charge in [-0.2, -0.15) is 0 Å². The van der Waals surface area contributed by atoms with Crippen LogP contribution in [0.2, 0.25) is 0 Å². The van der Waals surface area contributed by atoms with Gasteiger partial charge in [-0.15, -0.1) is 0 Å². The Bertz CT molecular complexity index is 448. The summed E-state index contributed by atoms with van der Waals surface area (Å²) in [5.74, 6) is 0.880. The fourth-order valence-electron chi connectivity index (χ4n) is 1.34. The first-order chi connectivity index (χ1) is 7.77. The van der Waals surface area contributed by atoms with Gasteiger partial charge >= 0.3 is 0 Å². The van der Waals surface area contributed by atoms with Crippen molar-refractivity contribution in [1.29, 1.82) is 0 Å². The van der Waals surface area contributed by atoms with Crippen LogP contribution >= 0.6 is 31.9 Å². The Morgan fingerprint density at radius 2 is 1.44 bits per heavy atom. The van der Waals surface area contributed by atoms with Crippen molar-refractivity contribution < 1.29 is 4.74 Å². The lowest BCUT2D eigenvalue weighted by Gasteiger charge is -2.09. The zero-order valence-electron chi connectivity index (χ0n) is 8.49. The van der Waals surface area contributed by atoms with Crippen LogP contribution < -0.4 is 4.74 Å². The zero-order valence-corrected chi connectivity index (χ0v) is 11.7. The maximum Gasteiger partial charge on any atom is 0.119 e. The molecule has 0 unspecified atom stereocenters. The Labute approximate surface area is 112 Å². The molecule has 0 spiro atoms. The lowest BCUT2D eigenvalue weighted by Crippen LogP contribution is -1.97. The van der Waals surface area contributed by atoms with Crippen LogP contribution in [0.1, 0.15) is 5.56 Å². The molecule has 0 atom stereocenters. The first-order valence-corrected chi connectivity index (χ1v) is 6.47. The van der Waals surface area contributed by atoms with Crippen LogP contribution in [-0.2, 0) is 6.61 Å². The Hall–Kier alpha value is -0.800. The SMILES string of the molecule is Brc1cccc(Br)c1COc1ccccc1. The van der Waals surface area contributed by atoms with E-state index in [0.717, 1.165) is 20.3 Å². The van der Waals surface area contributed by atoms with Crippen LogP contribution in [0.5, 0.6) is 5.75 Å². The van der Waals surface area contributed by atoms with E-state index in [4.69, 9.17) is 4.74 Å². The third-order valence-corrected chi connectivity index (χ3v) is 3.67. The Morgan fingerprint density at radius 3 is 2.06 bits per heavy atom. The lowest BCUT2D eigenvalue weighted by atomic mass is 10.2. The van der Waals surface area contributed by atoms with Crippen LogP contribution in [0.25, 0.3) is 0 Å². The van der Waals surface area contributed by atoms with Gasteiger partial charge < -0.3 is 4.74 Å². The maximum absolute atomic E-state index is 5.69. The van der Waals surface area contributed by atoms with Crippen LogP contribution in [0, 0.1) is 0 Å². The van der Waals surface area contributed by atoms with Crippen molar-refractivity contribution in [2.45, 2.75) is 6.61 Å². The molecule has 0 aliphatic rings. The van der Waals surface area contributed by atoms with Crippen LogP contribution in [0.4, 0.5) is 0 Å². The topological polar surface area (TPSA) is 9.23 Å². The molecule has 0 heterocycles. The number of hydrogen-bond acceptors (Lipinski definition) is 1. The number of para-hydroxylation sites is 1. The predicted octanol–water partition coefficient (Wildman–Crippen LogP) is 4.79. The molecule has 0 amide bonds. The zero-order chi connectivity index (χ0) is 11.4. The van der Waals surface area contributed by atoms with Gasteiger partial charge in [-0.05, 0) is 24.3 Å². The molecular weight excluding hydrogens is 332 g/mol. The molecule has 0 bridgehead atoms. The Kier molecular flexibility index (Phi) is 4.02. The smallest absolute Gasteiger partial charge is 0.119 e. The molecule has 2 aromatic rings. The third kappa shape index (κ3) is 2.86. The molecular formula is C13H10Br2O. The Morgan fingerprint density at radius 1 is 0.812 bits per heavy atom. The quantitative estimate of drug-likeness (QED) is 0.779. The summed E-state index contributed by atoms with van der Waals surface area (Å²) in [6.45, 7) is 0.548. The minimum absolute atomic E-state index is 0.548. The van der Waals surface area contributed by atoms with Gasteiger partial charge in [0.2, 0.25) is 0 Å². The van der Waals surface area contributed by atoms with Crippen LogP contribution in [0.3, 0.4) is 0 Å². The third-order valence-electron chi connectivity index (χ3n) is 2.19. The van der Waals surface area contributed by atoms with E-state index >= 15 is 0 Å². The molecule has 82 valence electrons. The van der Waals surface area contributed by atoms with Gasteiger partial charge in [-0.1, -0.05) is 56.1 Å². The molecule has 0 radical (unpaired) electrons. The summed E-state index contributed by atoms with van der Waals surface area (Å²) in [7, 11) is 0. The summed E-state index contributed by atoms with van der Waals surface area (Å²) in [5, 5.41) is 0. The highest BCUT2D eigenvalue weighted by Crippen LogP contribution is 2.26. The van der Waals surface area contributed by atoms with E-state index in [2.05, 4.69) is 31.9 Å². The normalized spacial score (nSPS) is 10.1. The standard InChI is InChI=1S/C13H10Br2O/c14-12-7-4-8-13(15)11(12)9-16-10-5-2-1-3-6-10/h1-8H,9H2. The first-order valence-electron chi connectivity index (χ1n) is 4.88. The van der Waals surface area contributed by atoms with E-state index < -0.39 is 0 Å². The van der Waals surface area contributed by atoms with Gasteiger partial charge in [0.15, 0.2) is 0 Å². The highest BCUT2D eigenvalue weighted by atomic mass is 79.9. The van der Waals surface area contributed by atoms with Crippen molar-refractivity contribution in [3.8, 4) is 5.75 Å². The summed E-state index contributed by atoms with van der Waals surface area (Å²) in [6.07, 6.45) is 0. The lowest BCUT2D eigenvalue weighted by molar-refractivity contribution is 0.304. The average molecular weight is 342 g/mol. The molecule has 0 N–H and O–H groups in total. The van der Waals surface area contributed by atoms with E-state index in [9.17, 15) is 0 Å². The summed E-state index contributed by atoms with van der Waals surface area (Å²) in [6, 6.07) is 15.8. The second-order valence-electron chi connectivity index (χ2n) is 3.30. The number of ether oxygens (including phenoxy) is 1. The second kappa shape index (κ2) is 5.51.